The van der Waals surface area contributed by atoms with Gasteiger partial charge >= 0.3 is 0 Å². The first-order valence-corrected chi connectivity index (χ1v) is 5.83. The molecule has 18 heavy (non-hydrogen) atoms. The lowest BCUT2D eigenvalue weighted by atomic mass is 9.61. The summed E-state index contributed by atoms with van der Waals surface area (Å²) in [6.45, 7) is -0.0257. The number of rotatable bonds is 3. The zero-order valence-corrected chi connectivity index (χ0v) is 10.5. The summed E-state index contributed by atoms with van der Waals surface area (Å²) in [7, 11) is 1.38. The zero-order chi connectivity index (χ0) is 13.6. The second-order valence-corrected chi connectivity index (χ2v) is 5.01. The highest BCUT2D eigenvalue weighted by molar-refractivity contribution is 6.31. The molecule has 1 fully saturated rings. The highest BCUT2D eigenvalue weighted by Crippen LogP contribution is 2.56. The molecular weight excluding hydrogens is 267 g/mol. The van der Waals surface area contributed by atoms with Crippen molar-refractivity contribution in [2.45, 2.75) is 24.2 Å². The Hall–Kier alpha value is -0.940. The van der Waals surface area contributed by atoms with E-state index in [0.29, 0.717) is 5.75 Å². The summed E-state index contributed by atoms with van der Waals surface area (Å²) in [5, 5.41) is -0.185. The van der Waals surface area contributed by atoms with Gasteiger partial charge in [0.05, 0.1) is 12.1 Å². The number of benzene rings is 1. The van der Waals surface area contributed by atoms with Crippen LogP contribution < -0.4 is 10.5 Å². The number of halogens is 4. The van der Waals surface area contributed by atoms with Gasteiger partial charge in [-0.15, -0.1) is 0 Å². The molecule has 1 aliphatic carbocycles. The molecule has 0 spiro atoms. The lowest BCUT2D eigenvalue weighted by Gasteiger charge is -2.47. The van der Waals surface area contributed by atoms with Gasteiger partial charge in [0.2, 0.25) is 5.92 Å². The zero-order valence-electron chi connectivity index (χ0n) is 9.77. The highest BCUT2D eigenvalue weighted by Gasteiger charge is 2.58. The van der Waals surface area contributed by atoms with E-state index in [9.17, 15) is 13.2 Å². The van der Waals surface area contributed by atoms with Crippen molar-refractivity contribution < 1.29 is 17.9 Å². The second-order valence-electron chi connectivity index (χ2n) is 4.63. The van der Waals surface area contributed by atoms with Crippen LogP contribution in [0.3, 0.4) is 0 Å². The third-order valence-electron chi connectivity index (χ3n) is 3.39. The maximum atomic E-state index is 13.5. The van der Waals surface area contributed by atoms with Crippen LogP contribution in [0.4, 0.5) is 13.2 Å². The quantitative estimate of drug-likeness (QED) is 0.923. The number of nitrogens with two attached hydrogens (primary N) is 1. The molecule has 2 rings (SSSR count). The minimum Gasteiger partial charge on any atom is -0.496 e. The van der Waals surface area contributed by atoms with E-state index in [1.807, 2.05) is 0 Å². The lowest BCUT2D eigenvalue weighted by molar-refractivity contribution is -0.124. The summed E-state index contributed by atoms with van der Waals surface area (Å²) in [6.07, 6.45) is -0.869. The van der Waals surface area contributed by atoms with Crippen LogP contribution in [0.15, 0.2) is 12.1 Å². The number of hydrogen-bond donors (Lipinski definition) is 1. The van der Waals surface area contributed by atoms with E-state index >= 15 is 0 Å². The molecule has 0 aromatic heterocycles. The summed E-state index contributed by atoms with van der Waals surface area (Å²) >= 11 is 5.89. The fourth-order valence-corrected chi connectivity index (χ4v) is 2.92. The fourth-order valence-electron chi connectivity index (χ4n) is 2.56. The van der Waals surface area contributed by atoms with Gasteiger partial charge in [0.15, 0.2) is 0 Å². The van der Waals surface area contributed by atoms with Crippen LogP contribution in [0.1, 0.15) is 18.4 Å². The van der Waals surface area contributed by atoms with Crippen molar-refractivity contribution in [2.75, 3.05) is 13.7 Å². The van der Waals surface area contributed by atoms with E-state index in [1.165, 1.54) is 13.2 Å². The molecular formula is C12H13ClF3NO. The first-order chi connectivity index (χ1) is 8.35. The summed E-state index contributed by atoms with van der Waals surface area (Å²) in [6, 6.07) is 2.52. The van der Waals surface area contributed by atoms with E-state index < -0.39 is 30.0 Å². The normalized spacial score (nSPS) is 20.3. The fraction of sp³-hybridized carbons (Fsp3) is 0.500. The van der Waals surface area contributed by atoms with Crippen molar-refractivity contribution in [3.63, 3.8) is 0 Å². The molecule has 1 saturated carbocycles. The maximum absolute atomic E-state index is 13.5. The van der Waals surface area contributed by atoms with Crippen molar-refractivity contribution >= 4 is 11.6 Å². The van der Waals surface area contributed by atoms with E-state index in [4.69, 9.17) is 22.1 Å². The Bertz CT molecular complexity index is 471. The van der Waals surface area contributed by atoms with Gasteiger partial charge in [-0.25, -0.2) is 13.2 Å². The Balaban J connectivity index is 2.53. The number of alkyl halides is 2. The van der Waals surface area contributed by atoms with Gasteiger partial charge in [-0.3, -0.25) is 0 Å². The summed E-state index contributed by atoms with van der Waals surface area (Å²) in [5.41, 5.74) is 4.84. The standard InChI is InChI=1S/C12H13ClF3NO/c1-18-8-3-2-7(14)10(13)9(8)11(6-17)4-12(15,16)5-11/h2-3H,4-6,17H2,1H3. The van der Waals surface area contributed by atoms with Gasteiger partial charge in [0.25, 0.3) is 0 Å². The van der Waals surface area contributed by atoms with Crippen LogP contribution in [0, 0.1) is 5.82 Å². The molecule has 2 N–H and O–H groups in total. The number of ether oxygens (including phenoxy) is 1. The van der Waals surface area contributed by atoms with Crippen molar-refractivity contribution in [1.29, 1.82) is 0 Å². The third-order valence-corrected chi connectivity index (χ3v) is 3.76. The Kier molecular flexibility index (Phi) is 3.23. The first kappa shape index (κ1) is 13.5. The number of hydrogen-bond acceptors (Lipinski definition) is 2. The van der Waals surface area contributed by atoms with E-state index in [0.717, 1.165) is 6.07 Å². The molecule has 0 heterocycles. The second kappa shape index (κ2) is 4.31. The van der Waals surface area contributed by atoms with Gasteiger partial charge in [-0.2, -0.15) is 0 Å². The monoisotopic (exact) mass is 279 g/mol. The molecule has 1 aromatic carbocycles. The molecule has 1 aliphatic rings. The number of methoxy groups -OCH3 is 1. The molecule has 0 amide bonds. The minimum absolute atomic E-state index is 0.0257. The average Bonchev–Trinajstić information content (AvgIpc) is 2.29. The molecule has 0 bridgehead atoms. The molecule has 0 radical (unpaired) electrons. The van der Waals surface area contributed by atoms with Gasteiger partial charge < -0.3 is 10.5 Å². The molecule has 0 saturated heterocycles. The highest BCUT2D eigenvalue weighted by atomic mass is 35.5. The van der Waals surface area contributed by atoms with Crippen LogP contribution in [-0.2, 0) is 5.41 Å². The van der Waals surface area contributed by atoms with Crippen molar-refractivity contribution in [1.82, 2.24) is 0 Å². The first-order valence-electron chi connectivity index (χ1n) is 5.46. The third kappa shape index (κ3) is 1.95. The van der Waals surface area contributed by atoms with Crippen molar-refractivity contribution in [3.05, 3.63) is 28.5 Å². The van der Waals surface area contributed by atoms with Gasteiger partial charge in [0, 0.05) is 30.4 Å². The molecule has 6 heteroatoms. The van der Waals surface area contributed by atoms with Crippen LogP contribution in [0.25, 0.3) is 0 Å². The molecule has 0 unspecified atom stereocenters. The topological polar surface area (TPSA) is 35.2 Å². The predicted octanol–water partition coefficient (Wildman–Crippen LogP) is 3.11. The van der Waals surface area contributed by atoms with E-state index in [-0.39, 0.29) is 17.1 Å². The summed E-state index contributed by atoms with van der Waals surface area (Å²) < 4.78 is 44.9. The van der Waals surface area contributed by atoms with E-state index in [2.05, 4.69) is 0 Å². The molecule has 2 nitrogen and oxygen atoms in total. The Morgan fingerprint density at radius 2 is 2.00 bits per heavy atom. The van der Waals surface area contributed by atoms with Crippen LogP contribution in [0.5, 0.6) is 5.75 Å². The van der Waals surface area contributed by atoms with Gasteiger partial charge in [-0.1, -0.05) is 11.6 Å². The van der Waals surface area contributed by atoms with Crippen LogP contribution >= 0.6 is 11.6 Å². The molecule has 0 atom stereocenters. The Labute approximate surface area is 108 Å². The molecule has 0 aliphatic heterocycles. The Morgan fingerprint density at radius 1 is 1.39 bits per heavy atom. The maximum Gasteiger partial charge on any atom is 0.250 e. The minimum atomic E-state index is -2.78. The summed E-state index contributed by atoms with van der Waals surface area (Å²) in [4.78, 5) is 0. The SMILES string of the molecule is COc1ccc(F)c(Cl)c1C1(CN)CC(F)(F)C1. The van der Waals surface area contributed by atoms with E-state index in [1.54, 1.807) is 0 Å². The largest absolute Gasteiger partial charge is 0.496 e. The van der Waals surface area contributed by atoms with Gasteiger partial charge in [0.1, 0.15) is 11.6 Å². The van der Waals surface area contributed by atoms with Gasteiger partial charge in [-0.05, 0) is 12.1 Å². The molecule has 1 aromatic rings. The smallest absolute Gasteiger partial charge is 0.250 e. The van der Waals surface area contributed by atoms with Crippen molar-refractivity contribution in [3.8, 4) is 5.75 Å². The Morgan fingerprint density at radius 3 is 2.44 bits per heavy atom. The molecule has 100 valence electrons. The van der Waals surface area contributed by atoms with Crippen LogP contribution in [-0.4, -0.2) is 19.6 Å². The summed E-state index contributed by atoms with van der Waals surface area (Å²) in [5.74, 6) is -3.14. The predicted molar refractivity (Wildman–Crippen MR) is 62.9 cm³/mol. The average molecular weight is 280 g/mol. The van der Waals surface area contributed by atoms with Crippen LogP contribution in [0.2, 0.25) is 5.02 Å². The lowest BCUT2D eigenvalue weighted by Crippen LogP contribution is -2.54. The van der Waals surface area contributed by atoms with Crippen molar-refractivity contribution in [2.24, 2.45) is 5.73 Å².